The minimum atomic E-state index is -0.511. The predicted molar refractivity (Wildman–Crippen MR) is 102 cm³/mol. The maximum Gasteiger partial charge on any atom is 0.234 e. The van der Waals surface area contributed by atoms with Gasteiger partial charge in [-0.25, -0.2) is 4.39 Å². The first-order chi connectivity index (χ1) is 12.4. The number of carbonyl (C=O) groups excluding carboxylic acids is 3. The fraction of sp³-hybridized carbons (Fsp3) is 0.167. The van der Waals surface area contributed by atoms with Crippen molar-refractivity contribution in [1.29, 1.82) is 0 Å². The maximum atomic E-state index is 13.4. The van der Waals surface area contributed by atoms with E-state index in [1.807, 2.05) is 0 Å². The molecule has 0 saturated carbocycles. The molecule has 0 unspecified atom stereocenters. The van der Waals surface area contributed by atoms with E-state index in [4.69, 9.17) is 0 Å². The topological polar surface area (TPSA) is 87.3 Å². The highest BCUT2D eigenvalue weighted by atomic mass is 32.2. The van der Waals surface area contributed by atoms with Gasteiger partial charge in [0, 0.05) is 18.3 Å². The van der Waals surface area contributed by atoms with E-state index in [0.717, 1.165) is 11.8 Å². The number of para-hydroxylation sites is 1. The van der Waals surface area contributed by atoms with E-state index >= 15 is 0 Å². The van der Waals surface area contributed by atoms with Gasteiger partial charge in [0.2, 0.25) is 17.7 Å². The van der Waals surface area contributed by atoms with Crippen LogP contribution >= 0.6 is 11.8 Å². The monoisotopic (exact) mass is 375 g/mol. The van der Waals surface area contributed by atoms with Crippen LogP contribution in [-0.4, -0.2) is 29.2 Å². The van der Waals surface area contributed by atoms with Gasteiger partial charge in [0.05, 0.1) is 17.2 Å². The van der Waals surface area contributed by atoms with Crippen LogP contribution < -0.4 is 16.0 Å². The van der Waals surface area contributed by atoms with Gasteiger partial charge in [-0.1, -0.05) is 18.2 Å². The van der Waals surface area contributed by atoms with Gasteiger partial charge < -0.3 is 16.0 Å². The minimum absolute atomic E-state index is 0.0215. The molecule has 0 fully saturated rings. The molecule has 0 heterocycles. The molecule has 8 heteroatoms. The molecule has 3 N–H and O–H groups in total. The minimum Gasteiger partial charge on any atom is -0.326 e. The Morgan fingerprint density at radius 2 is 1.50 bits per heavy atom. The van der Waals surface area contributed by atoms with Crippen LogP contribution in [0.15, 0.2) is 48.5 Å². The van der Waals surface area contributed by atoms with Gasteiger partial charge in [0.15, 0.2) is 0 Å². The van der Waals surface area contributed by atoms with Crippen molar-refractivity contribution in [1.82, 2.24) is 0 Å². The average Bonchev–Trinajstić information content (AvgIpc) is 2.56. The number of benzene rings is 2. The fourth-order valence-corrected chi connectivity index (χ4v) is 2.68. The van der Waals surface area contributed by atoms with E-state index in [-0.39, 0.29) is 34.9 Å². The molecule has 0 radical (unpaired) electrons. The largest absolute Gasteiger partial charge is 0.326 e. The Balaban J connectivity index is 1.76. The summed E-state index contributed by atoms with van der Waals surface area (Å²) in [7, 11) is 0. The van der Waals surface area contributed by atoms with Crippen molar-refractivity contribution in [2.45, 2.75) is 6.92 Å². The molecule has 0 spiro atoms. The summed E-state index contributed by atoms with van der Waals surface area (Å²) in [6, 6.07) is 12.6. The van der Waals surface area contributed by atoms with E-state index in [2.05, 4.69) is 16.0 Å². The lowest BCUT2D eigenvalue weighted by Gasteiger charge is -2.08. The Hall–Kier alpha value is -2.87. The van der Waals surface area contributed by atoms with Crippen LogP contribution in [0.4, 0.5) is 21.5 Å². The Morgan fingerprint density at radius 1 is 0.885 bits per heavy atom. The van der Waals surface area contributed by atoms with Crippen LogP contribution in [0.5, 0.6) is 0 Å². The van der Waals surface area contributed by atoms with Gasteiger partial charge in [0.1, 0.15) is 5.82 Å². The Labute approximate surface area is 154 Å². The molecule has 2 aromatic carbocycles. The van der Waals surface area contributed by atoms with Crippen molar-refractivity contribution in [3.63, 3.8) is 0 Å². The summed E-state index contributed by atoms with van der Waals surface area (Å²) in [5.74, 6) is -1.30. The third kappa shape index (κ3) is 6.56. The quantitative estimate of drug-likeness (QED) is 0.694. The van der Waals surface area contributed by atoms with Crippen molar-refractivity contribution >= 4 is 46.5 Å². The van der Waals surface area contributed by atoms with Gasteiger partial charge >= 0.3 is 0 Å². The number of thioether (sulfide) groups is 1. The highest BCUT2D eigenvalue weighted by Crippen LogP contribution is 2.16. The van der Waals surface area contributed by atoms with E-state index in [0.29, 0.717) is 11.4 Å². The number of amides is 3. The molecule has 0 atom stereocenters. The van der Waals surface area contributed by atoms with Gasteiger partial charge in [-0.3, -0.25) is 14.4 Å². The first-order valence-electron chi connectivity index (χ1n) is 7.73. The molecular formula is C18H18FN3O3S. The summed E-state index contributed by atoms with van der Waals surface area (Å²) < 4.78 is 13.4. The van der Waals surface area contributed by atoms with Crippen molar-refractivity contribution in [2.75, 3.05) is 27.5 Å². The Morgan fingerprint density at radius 3 is 2.15 bits per heavy atom. The van der Waals surface area contributed by atoms with Crippen LogP contribution in [0.2, 0.25) is 0 Å². The molecule has 0 bridgehead atoms. The Bertz CT molecular complexity index is 814. The number of nitrogens with one attached hydrogen (secondary N) is 3. The molecule has 0 saturated heterocycles. The van der Waals surface area contributed by atoms with E-state index < -0.39 is 5.82 Å². The first kappa shape index (κ1) is 19.5. The highest BCUT2D eigenvalue weighted by Gasteiger charge is 2.09. The molecule has 2 rings (SSSR count). The van der Waals surface area contributed by atoms with E-state index in [1.165, 1.54) is 25.1 Å². The normalized spacial score (nSPS) is 10.1. The molecule has 0 aliphatic carbocycles. The lowest BCUT2D eigenvalue weighted by Crippen LogP contribution is -2.19. The second-order valence-corrected chi connectivity index (χ2v) is 6.32. The zero-order valence-electron chi connectivity index (χ0n) is 14.0. The lowest BCUT2D eigenvalue weighted by atomic mass is 10.2. The number of rotatable bonds is 7. The second-order valence-electron chi connectivity index (χ2n) is 5.33. The highest BCUT2D eigenvalue weighted by molar-refractivity contribution is 8.00. The SMILES string of the molecule is CC(=O)Nc1cccc(NC(=O)CSCC(=O)Nc2ccccc2F)c1. The van der Waals surface area contributed by atoms with Crippen molar-refractivity contribution in [3.8, 4) is 0 Å². The van der Waals surface area contributed by atoms with E-state index in [1.54, 1.807) is 30.3 Å². The summed E-state index contributed by atoms with van der Waals surface area (Å²) in [5.41, 5.74) is 1.22. The van der Waals surface area contributed by atoms with Gasteiger partial charge in [-0.2, -0.15) is 0 Å². The van der Waals surface area contributed by atoms with Crippen LogP contribution in [0.1, 0.15) is 6.92 Å². The molecule has 6 nitrogen and oxygen atoms in total. The number of carbonyl (C=O) groups is 3. The number of hydrogen-bond donors (Lipinski definition) is 3. The summed E-state index contributed by atoms with van der Waals surface area (Å²) in [4.78, 5) is 34.8. The first-order valence-corrected chi connectivity index (χ1v) is 8.89. The third-order valence-corrected chi connectivity index (χ3v) is 4.01. The standard InChI is InChI=1S/C18H18FN3O3S/c1-12(23)20-13-5-4-6-14(9-13)21-17(24)10-26-11-18(25)22-16-8-3-2-7-15(16)19/h2-9H,10-11H2,1H3,(H,20,23)(H,21,24)(H,22,25). The molecule has 26 heavy (non-hydrogen) atoms. The van der Waals surface area contributed by atoms with Gasteiger partial charge in [0.25, 0.3) is 0 Å². The summed E-state index contributed by atoms with van der Waals surface area (Å²) in [5, 5.41) is 7.76. The van der Waals surface area contributed by atoms with Gasteiger partial charge in [-0.05, 0) is 30.3 Å². The maximum absolute atomic E-state index is 13.4. The number of hydrogen-bond acceptors (Lipinski definition) is 4. The zero-order valence-corrected chi connectivity index (χ0v) is 14.9. The van der Waals surface area contributed by atoms with Crippen LogP contribution in [0.3, 0.4) is 0 Å². The average molecular weight is 375 g/mol. The predicted octanol–water partition coefficient (Wildman–Crippen LogP) is 3.09. The molecular weight excluding hydrogens is 357 g/mol. The molecule has 136 valence electrons. The van der Waals surface area contributed by atoms with Crippen molar-refractivity contribution in [3.05, 3.63) is 54.3 Å². The Kier molecular flexibility index (Phi) is 7.16. The van der Waals surface area contributed by atoms with Crippen LogP contribution in [0, 0.1) is 5.82 Å². The fourth-order valence-electron chi connectivity index (χ4n) is 2.06. The lowest BCUT2D eigenvalue weighted by molar-refractivity contribution is -0.115. The summed E-state index contributed by atoms with van der Waals surface area (Å²) in [6.45, 7) is 1.40. The van der Waals surface area contributed by atoms with Gasteiger partial charge in [-0.15, -0.1) is 11.8 Å². The van der Waals surface area contributed by atoms with Crippen LogP contribution in [-0.2, 0) is 14.4 Å². The van der Waals surface area contributed by atoms with Crippen LogP contribution in [0.25, 0.3) is 0 Å². The summed E-state index contributed by atoms with van der Waals surface area (Å²) in [6.07, 6.45) is 0. The zero-order chi connectivity index (χ0) is 18.9. The molecule has 0 aromatic heterocycles. The molecule has 2 aromatic rings. The second kappa shape index (κ2) is 9.57. The number of anilines is 3. The number of halogens is 1. The third-order valence-electron chi connectivity index (χ3n) is 3.08. The summed E-state index contributed by atoms with van der Waals surface area (Å²) >= 11 is 1.11. The van der Waals surface area contributed by atoms with E-state index in [9.17, 15) is 18.8 Å². The smallest absolute Gasteiger partial charge is 0.234 e. The van der Waals surface area contributed by atoms with Crippen molar-refractivity contribution < 1.29 is 18.8 Å². The molecule has 0 aliphatic heterocycles. The molecule has 3 amide bonds. The van der Waals surface area contributed by atoms with Crippen molar-refractivity contribution in [2.24, 2.45) is 0 Å². The molecule has 0 aliphatic rings.